The van der Waals surface area contributed by atoms with Crippen molar-refractivity contribution in [2.24, 2.45) is 0 Å². The number of nitrogens with zero attached hydrogens (tertiary/aromatic N) is 3. The van der Waals surface area contributed by atoms with Crippen LogP contribution in [0, 0.1) is 27.7 Å². The second-order valence-corrected chi connectivity index (χ2v) is 8.35. The first kappa shape index (κ1) is 22.2. The van der Waals surface area contributed by atoms with Crippen LogP contribution in [0.1, 0.15) is 71.4 Å². The summed E-state index contributed by atoms with van der Waals surface area (Å²) in [6.45, 7) is 9.72. The zero-order valence-corrected chi connectivity index (χ0v) is 18.4. The summed E-state index contributed by atoms with van der Waals surface area (Å²) < 4.78 is 0. The van der Waals surface area contributed by atoms with E-state index < -0.39 is 6.03 Å². The first-order chi connectivity index (χ1) is 14.4. The van der Waals surface area contributed by atoms with E-state index in [-0.39, 0.29) is 12.1 Å². The van der Waals surface area contributed by atoms with Crippen LogP contribution in [-0.2, 0) is 0 Å². The topological polar surface area (TPSA) is 90.4 Å². The predicted octanol–water partition coefficient (Wildman–Crippen LogP) is 4.06. The van der Waals surface area contributed by atoms with Crippen molar-refractivity contribution in [3.8, 4) is 0 Å². The van der Waals surface area contributed by atoms with Gasteiger partial charge in [-0.3, -0.25) is 20.1 Å². The summed E-state index contributed by atoms with van der Waals surface area (Å²) in [4.78, 5) is 23.4. The van der Waals surface area contributed by atoms with Crippen LogP contribution in [0.4, 0.5) is 4.79 Å². The maximum Gasteiger partial charge on any atom is 0.338 e. The highest BCUT2D eigenvalue weighted by Gasteiger charge is 2.35. The SMILES string of the molecule is Cc1cnc([C@H]2CCC[C@@H](c3ncc(C)cc3C)N2CCCNC(=O)NO)c(C)c1. The Morgan fingerprint density at radius 1 is 1.03 bits per heavy atom. The van der Waals surface area contributed by atoms with Gasteiger partial charge in [-0.1, -0.05) is 12.1 Å². The predicted molar refractivity (Wildman–Crippen MR) is 116 cm³/mol. The lowest BCUT2D eigenvalue weighted by Crippen LogP contribution is -2.40. The van der Waals surface area contributed by atoms with E-state index in [1.807, 2.05) is 12.4 Å². The van der Waals surface area contributed by atoms with E-state index in [1.165, 1.54) is 22.3 Å². The smallest absolute Gasteiger partial charge is 0.336 e. The number of hydrogen-bond acceptors (Lipinski definition) is 5. The van der Waals surface area contributed by atoms with Gasteiger partial charge < -0.3 is 5.32 Å². The largest absolute Gasteiger partial charge is 0.338 e. The average molecular weight is 412 g/mol. The van der Waals surface area contributed by atoms with Gasteiger partial charge in [-0.2, -0.15) is 0 Å². The van der Waals surface area contributed by atoms with E-state index >= 15 is 0 Å². The normalized spacial score (nSPS) is 19.5. The molecule has 0 unspecified atom stereocenters. The minimum Gasteiger partial charge on any atom is -0.336 e. The Morgan fingerprint density at radius 2 is 1.57 bits per heavy atom. The van der Waals surface area contributed by atoms with Crippen molar-refractivity contribution in [1.82, 2.24) is 25.7 Å². The minimum atomic E-state index is -0.575. The molecule has 3 heterocycles. The molecule has 0 aliphatic carbocycles. The number of carbonyl (C=O) groups is 1. The maximum absolute atomic E-state index is 11.3. The number of aromatic nitrogens is 2. The van der Waals surface area contributed by atoms with E-state index in [4.69, 9.17) is 15.2 Å². The Bertz CT molecular complexity index is 826. The molecule has 2 amide bonds. The first-order valence-electron chi connectivity index (χ1n) is 10.7. The molecule has 1 saturated heterocycles. The van der Waals surface area contributed by atoms with Crippen molar-refractivity contribution in [2.45, 2.75) is 65.5 Å². The third-order valence-electron chi connectivity index (χ3n) is 5.88. The molecular formula is C23H33N5O2. The lowest BCUT2D eigenvalue weighted by Gasteiger charge is -2.42. The van der Waals surface area contributed by atoms with Crippen molar-refractivity contribution in [1.29, 1.82) is 0 Å². The molecule has 3 rings (SSSR count). The number of hydrogen-bond donors (Lipinski definition) is 3. The van der Waals surface area contributed by atoms with Crippen LogP contribution in [0.2, 0.25) is 0 Å². The molecule has 1 aliphatic heterocycles. The Labute approximate surface area is 178 Å². The van der Waals surface area contributed by atoms with Gasteiger partial charge in [-0.05, 0) is 75.6 Å². The number of carbonyl (C=O) groups excluding carboxylic acids is 1. The highest BCUT2D eigenvalue weighted by atomic mass is 16.5. The van der Waals surface area contributed by atoms with Gasteiger partial charge >= 0.3 is 6.03 Å². The number of urea groups is 1. The van der Waals surface area contributed by atoms with Crippen LogP contribution in [0.25, 0.3) is 0 Å². The highest BCUT2D eigenvalue weighted by molar-refractivity contribution is 5.72. The van der Waals surface area contributed by atoms with Crippen LogP contribution < -0.4 is 10.8 Å². The summed E-state index contributed by atoms with van der Waals surface area (Å²) in [5.41, 5.74) is 8.67. The summed E-state index contributed by atoms with van der Waals surface area (Å²) >= 11 is 0. The zero-order chi connectivity index (χ0) is 21.7. The van der Waals surface area contributed by atoms with E-state index in [0.29, 0.717) is 6.54 Å². The molecule has 1 fully saturated rings. The second-order valence-electron chi connectivity index (χ2n) is 8.35. The lowest BCUT2D eigenvalue weighted by molar-refractivity contribution is 0.0748. The highest BCUT2D eigenvalue weighted by Crippen LogP contribution is 2.42. The zero-order valence-electron chi connectivity index (χ0n) is 18.4. The number of piperidine rings is 1. The Hall–Kier alpha value is -2.51. The first-order valence-corrected chi connectivity index (χ1v) is 10.7. The Kier molecular flexibility index (Phi) is 7.39. The quantitative estimate of drug-likeness (QED) is 0.379. The van der Waals surface area contributed by atoms with Gasteiger partial charge in [-0.15, -0.1) is 0 Å². The summed E-state index contributed by atoms with van der Waals surface area (Å²) in [5, 5.41) is 11.3. The molecule has 2 atom stereocenters. The van der Waals surface area contributed by atoms with Crippen LogP contribution in [0.5, 0.6) is 0 Å². The molecule has 30 heavy (non-hydrogen) atoms. The van der Waals surface area contributed by atoms with Gasteiger partial charge in [0.1, 0.15) is 0 Å². The molecule has 0 spiro atoms. The van der Waals surface area contributed by atoms with Gasteiger partial charge in [0.2, 0.25) is 0 Å². The molecule has 1 aliphatic rings. The molecule has 3 N–H and O–H groups in total. The van der Waals surface area contributed by atoms with Crippen LogP contribution in [0.3, 0.4) is 0 Å². The molecule has 0 aromatic carbocycles. The number of nitrogens with one attached hydrogen (secondary N) is 2. The van der Waals surface area contributed by atoms with Gasteiger partial charge in [0.15, 0.2) is 0 Å². The molecule has 7 nitrogen and oxygen atoms in total. The minimum absolute atomic E-state index is 0.221. The van der Waals surface area contributed by atoms with E-state index in [9.17, 15) is 4.79 Å². The standard InChI is InChI=1S/C23H33N5O2/c1-15-11-17(3)21(25-13-15)19-7-5-8-20(22-18(4)12-16(2)14-26-22)28(19)10-6-9-24-23(29)27-30/h11-14,19-20,30H,5-10H2,1-4H3,(H2,24,27,29)/t19-,20+. The molecule has 0 bridgehead atoms. The number of rotatable bonds is 6. The van der Waals surface area contributed by atoms with Gasteiger partial charge in [-0.25, -0.2) is 10.3 Å². The molecule has 162 valence electrons. The summed E-state index contributed by atoms with van der Waals surface area (Å²) in [7, 11) is 0. The van der Waals surface area contributed by atoms with E-state index in [1.54, 1.807) is 5.48 Å². The molecule has 0 saturated carbocycles. The summed E-state index contributed by atoms with van der Waals surface area (Å²) in [5.74, 6) is 0. The van der Waals surface area contributed by atoms with Crippen molar-refractivity contribution in [3.63, 3.8) is 0 Å². The molecule has 2 aromatic heterocycles. The van der Waals surface area contributed by atoms with Crippen molar-refractivity contribution < 1.29 is 10.0 Å². The molecule has 7 heteroatoms. The van der Waals surface area contributed by atoms with E-state index in [2.05, 4.69) is 50.0 Å². The number of pyridine rings is 2. The maximum atomic E-state index is 11.3. The van der Waals surface area contributed by atoms with Gasteiger partial charge in [0, 0.05) is 25.5 Å². The summed E-state index contributed by atoms with van der Waals surface area (Å²) in [6.07, 6.45) is 7.92. The van der Waals surface area contributed by atoms with Crippen LogP contribution in [0.15, 0.2) is 24.5 Å². The third-order valence-corrected chi connectivity index (χ3v) is 5.88. The Morgan fingerprint density at radius 3 is 2.03 bits per heavy atom. The fourth-order valence-corrected chi connectivity index (χ4v) is 4.61. The van der Waals surface area contributed by atoms with Crippen LogP contribution >= 0.6 is 0 Å². The second kappa shape index (κ2) is 10.00. The molecular weight excluding hydrogens is 378 g/mol. The van der Waals surface area contributed by atoms with Crippen molar-refractivity contribution in [3.05, 3.63) is 58.2 Å². The van der Waals surface area contributed by atoms with Crippen molar-refractivity contribution in [2.75, 3.05) is 13.1 Å². The molecule has 2 aromatic rings. The summed E-state index contributed by atoms with van der Waals surface area (Å²) in [6, 6.07) is 4.27. The lowest BCUT2D eigenvalue weighted by atomic mass is 9.88. The van der Waals surface area contributed by atoms with E-state index in [0.717, 1.165) is 43.6 Å². The Balaban J connectivity index is 1.88. The van der Waals surface area contributed by atoms with Crippen LogP contribution in [-0.4, -0.2) is 39.2 Å². The average Bonchev–Trinajstić information content (AvgIpc) is 2.71. The number of aryl methyl sites for hydroxylation is 4. The fourth-order valence-electron chi connectivity index (χ4n) is 4.61. The van der Waals surface area contributed by atoms with Gasteiger partial charge in [0.05, 0.1) is 23.5 Å². The van der Waals surface area contributed by atoms with Gasteiger partial charge in [0.25, 0.3) is 0 Å². The number of likely N-dealkylation sites (tertiary alicyclic amines) is 1. The fraction of sp³-hybridized carbons (Fsp3) is 0.522. The third kappa shape index (κ3) is 5.15. The molecule has 0 radical (unpaired) electrons. The number of amides is 2. The monoisotopic (exact) mass is 411 g/mol. The van der Waals surface area contributed by atoms with Crippen molar-refractivity contribution >= 4 is 6.03 Å². The number of hydroxylamine groups is 1.